The van der Waals surface area contributed by atoms with Crippen molar-refractivity contribution in [1.29, 1.82) is 0 Å². The zero-order chi connectivity index (χ0) is 46.7. The fourth-order valence-electron chi connectivity index (χ4n) is 12.6. The van der Waals surface area contributed by atoms with E-state index in [0.29, 0.717) is 5.92 Å². The highest BCUT2D eigenvalue weighted by molar-refractivity contribution is 6.32. The summed E-state index contributed by atoms with van der Waals surface area (Å²) in [5, 5.41) is 10.2. The van der Waals surface area contributed by atoms with E-state index in [1.165, 1.54) is 147 Å². The molecule has 2 nitrogen and oxygen atoms in total. The van der Waals surface area contributed by atoms with Gasteiger partial charge in [-0.1, -0.05) is 177 Å². The standard InChI is InChI=1S/C68H58N2/c1-3-20-51-45(2)21-16-35-61(51)69(62-36-17-29-46-26-10-13-32-52(46)62)65-43-59(49-22-6-4-7-23-49)55-40-42-58-66(44-60(50-24-8-5-9-25-50)56-39-41-57(65)67(55)68(56)58)70(63-37-18-30-47-27-11-14-33-53(47)63)64-38-19-31-48-28-12-15-34-54(48)64/h4-9,11,13-14,16-19,21-25,27,30-33,35-44,46H,3,10,12,15,20,26,28-29,34H2,1-2H3. The molecule has 10 aromatic rings. The minimum atomic E-state index is 0.500. The third-order valence-electron chi connectivity index (χ3n) is 15.9. The Morgan fingerprint density at radius 2 is 1.11 bits per heavy atom. The molecule has 0 radical (unpaired) electrons. The molecule has 3 aliphatic rings. The molecule has 0 amide bonds. The predicted molar refractivity (Wildman–Crippen MR) is 300 cm³/mol. The highest BCUT2D eigenvalue weighted by Gasteiger charge is 2.31. The maximum Gasteiger partial charge on any atom is 0.0547 e. The van der Waals surface area contributed by atoms with Crippen LogP contribution in [0.25, 0.3) is 65.3 Å². The molecule has 1 unspecified atom stereocenters. The molecular formula is C68H58N2. The Hall–Kier alpha value is -7.68. The van der Waals surface area contributed by atoms with Crippen LogP contribution in [0.2, 0.25) is 0 Å². The summed E-state index contributed by atoms with van der Waals surface area (Å²) >= 11 is 0. The van der Waals surface area contributed by atoms with E-state index in [1.807, 2.05) is 0 Å². The van der Waals surface area contributed by atoms with E-state index in [-0.39, 0.29) is 0 Å². The van der Waals surface area contributed by atoms with Crippen LogP contribution < -0.4 is 9.80 Å². The first kappa shape index (κ1) is 42.4. The first-order valence-corrected chi connectivity index (χ1v) is 25.9. The van der Waals surface area contributed by atoms with Gasteiger partial charge in [-0.2, -0.15) is 0 Å². The average molecular weight is 903 g/mol. The van der Waals surface area contributed by atoms with Crippen LogP contribution in [0.15, 0.2) is 211 Å². The third-order valence-corrected chi connectivity index (χ3v) is 15.9. The van der Waals surface area contributed by atoms with Crippen LogP contribution in [0.1, 0.15) is 67.7 Å². The molecule has 340 valence electrons. The first-order chi connectivity index (χ1) is 34.6. The number of fused-ring (bicyclic) bond motifs is 3. The highest BCUT2D eigenvalue weighted by atomic mass is 15.2. The monoisotopic (exact) mass is 902 g/mol. The van der Waals surface area contributed by atoms with Crippen LogP contribution in [-0.4, -0.2) is 0 Å². The number of benzene rings is 10. The first-order valence-electron chi connectivity index (χ1n) is 25.9. The fourth-order valence-corrected chi connectivity index (χ4v) is 12.6. The Morgan fingerprint density at radius 3 is 1.86 bits per heavy atom. The second-order valence-electron chi connectivity index (χ2n) is 20.0. The summed E-state index contributed by atoms with van der Waals surface area (Å²) in [6.07, 6.45) is 19.9. The molecule has 0 fully saturated rings. The Balaban J connectivity index is 1.21. The lowest BCUT2D eigenvalue weighted by Crippen LogP contribution is -2.24. The van der Waals surface area contributed by atoms with Gasteiger partial charge in [0.05, 0.1) is 17.1 Å². The van der Waals surface area contributed by atoms with Gasteiger partial charge in [-0.25, -0.2) is 0 Å². The molecule has 0 aromatic heterocycles. The minimum absolute atomic E-state index is 0.500. The molecule has 0 bridgehead atoms. The van der Waals surface area contributed by atoms with Crippen molar-refractivity contribution in [2.45, 2.75) is 71.6 Å². The lowest BCUT2D eigenvalue weighted by Gasteiger charge is -2.36. The molecule has 0 N–H and O–H groups in total. The van der Waals surface area contributed by atoms with Gasteiger partial charge in [0.1, 0.15) is 0 Å². The molecule has 3 aliphatic carbocycles. The van der Waals surface area contributed by atoms with Crippen molar-refractivity contribution in [2.75, 3.05) is 9.80 Å². The van der Waals surface area contributed by atoms with E-state index in [4.69, 9.17) is 0 Å². The van der Waals surface area contributed by atoms with Crippen LogP contribution in [0.5, 0.6) is 0 Å². The molecule has 70 heavy (non-hydrogen) atoms. The van der Waals surface area contributed by atoms with Crippen molar-refractivity contribution in [3.63, 3.8) is 0 Å². The van der Waals surface area contributed by atoms with Gasteiger partial charge in [0, 0.05) is 44.0 Å². The largest absolute Gasteiger partial charge is 0.309 e. The van der Waals surface area contributed by atoms with Crippen LogP contribution in [-0.2, 0) is 19.3 Å². The highest BCUT2D eigenvalue weighted by Crippen LogP contribution is 2.54. The lowest BCUT2D eigenvalue weighted by atomic mass is 9.81. The predicted octanol–water partition coefficient (Wildman–Crippen LogP) is 19.0. The van der Waals surface area contributed by atoms with Crippen LogP contribution in [0.3, 0.4) is 0 Å². The fraction of sp³-hybridized carbons (Fsp3) is 0.176. The van der Waals surface area contributed by atoms with Crippen molar-refractivity contribution in [1.82, 2.24) is 0 Å². The summed E-state index contributed by atoms with van der Waals surface area (Å²) in [6.45, 7) is 4.63. The van der Waals surface area contributed by atoms with Crippen molar-refractivity contribution in [3.8, 4) is 22.3 Å². The van der Waals surface area contributed by atoms with E-state index < -0.39 is 0 Å². The van der Waals surface area contributed by atoms with Gasteiger partial charge in [-0.3, -0.25) is 0 Å². The Morgan fingerprint density at radius 1 is 0.500 bits per heavy atom. The summed E-state index contributed by atoms with van der Waals surface area (Å²) in [5.41, 5.74) is 19.6. The van der Waals surface area contributed by atoms with Gasteiger partial charge in [-0.05, 0) is 167 Å². The van der Waals surface area contributed by atoms with Gasteiger partial charge >= 0.3 is 0 Å². The van der Waals surface area contributed by atoms with Crippen molar-refractivity contribution in [2.24, 2.45) is 5.92 Å². The number of hydrogen-bond acceptors (Lipinski definition) is 2. The Labute approximate surface area is 412 Å². The number of hydrogen-bond donors (Lipinski definition) is 0. The second-order valence-corrected chi connectivity index (χ2v) is 20.0. The quantitative estimate of drug-likeness (QED) is 0.126. The molecule has 0 saturated carbocycles. The summed E-state index contributed by atoms with van der Waals surface area (Å²) in [6, 6.07) is 67.0. The summed E-state index contributed by atoms with van der Waals surface area (Å²) in [5.74, 6) is 0.500. The molecule has 0 spiro atoms. The number of aryl methyl sites for hydroxylation is 2. The summed E-state index contributed by atoms with van der Waals surface area (Å²) in [7, 11) is 0. The van der Waals surface area contributed by atoms with E-state index >= 15 is 0 Å². The van der Waals surface area contributed by atoms with Gasteiger partial charge in [0.25, 0.3) is 0 Å². The molecule has 1 atom stereocenters. The van der Waals surface area contributed by atoms with Crippen molar-refractivity contribution < 1.29 is 0 Å². The van der Waals surface area contributed by atoms with E-state index in [9.17, 15) is 0 Å². The lowest BCUT2D eigenvalue weighted by molar-refractivity contribution is 0.559. The maximum absolute atomic E-state index is 2.68. The van der Waals surface area contributed by atoms with Crippen molar-refractivity contribution in [3.05, 3.63) is 234 Å². The zero-order valence-corrected chi connectivity index (χ0v) is 40.4. The normalized spacial score (nSPS) is 15.5. The second kappa shape index (κ2) is 17.7. The van der Waals surface area contributed by atoms with E-state index in [0.717, 1.165) is 38.5 Å². The van der Waals surface area contributed by atoms with Crippen LogP contribution in [0.4, 0.5) is 28.4 Å². The summed E-state index contributed by atoms with van der Waals surface area (Å²) in [4.78, 5) is 5.33. The van der Waals surface area contributed by atoms with Crippen molar-refractivity contribution >= 4 is 71.5 Å². The van der Waals surface area contributed by atoms with Crippen LogP contribution >= 0.6 is 0 Å². The molecule has 0 heterocycles. The summed E-state index contributed by atoms with van der Waals surface area (Å²) < 4.78 is 0. The maximum atomic E-state index is 2.68. The number of rotatable bonds is 10. The van der Waals surface area contributed by atoms with E-state index in [2.05, 4.69) is 224 Å². The topological polar surface area (TPSA) is 6.48 Å². The molecule has 13 rings (SSSR count). The zero-order valence-electron chi connectivity index (χ0n) is 40.4. The van der Waals surface area contributed by atoms with E-state index in [1.54, 1.807) is 0 Å². The smallest absolute Gasteiger partial charge is 0.0547 e. The molecule has 0 aliphatic heterocycles. The van der Waals surface area contributed by atoms with Gasteiger partial charge in [-0.15, -0.1) is 0 Å². The molecule has 2 heteroatoms. The Bertz CT molecular complexity index is 3720. The molecular weight excluding hydrogens is 845 g/mol. The Kier molecular flexibility index (Phi) is 10.7. The van der Waals surface area contributed by atoms with Gasteiger partial charge in [0.15, 0.2) is 0 Å². The minimum Gasteiger partial charge on any atom is -0.309 e. The SMILES string of the molecule is CCCc1c(C)cccc1N(C1=C2C=CCCC2CC=C1)c1cc(-c2ccccc2)c2ccc3c(N(c4cccc5c4CCCC5)c4cccc5ccccc45)cc(-c4ccccc4)c4ccc1c2c43. The average Bonchev–Trinajstić information content (AvgIpc) is 3.42. The number of allylic oxidation sites excluding steroid dienone is 5. The number of anilines is 5. The molecule has 10 aromatic carbocycles. The number of nitrogens with zero attached hydrogens (tertiary/aromatic N) is 2. The van der Waals surface area contributed by atoms with Gasteiger partial charge in [0.2, 0.25) is 0 Å². The third kappa shape index (κ3) is 6.99. The molecule has 0 saturated heterocycles. The van der Waals surface area contributed by atoms with Crippen LogP contribution in [0, 0.1) is 12.8 Å². The van der Waals surface area contributed by atoms with Gasteiger partial charge < -0.3 is 9.80 Å².